The molecule has 0 heterocycles. The highest BCUT2D eigenvalue weighted by Gasteiger charge is 2.11. The topological polar surface area (TPSA) is 43.4 Å². The van der Waals surface area contributed by atoms with Gasteiger partial charge in [-0.1, -0.05) is 18.2 Å². The van der Waals surface area contributed by atoms with Gasteiger partial charge in [0, 0.05) is 4.90 Å². The maximum Gasteiger partial charge on any atom is 0.313 e. The zero-order chi connectivity index (χ0) is 12.7. The van der Waals surface area contributed by atoms with Crippen molar-refractivity contribution in [3.63, 3.8) is 0 Å². The Kier molecular flexibility index (Phi) is 5.77. The van der Waals surface area contributed by atoms with Gasteiger partial charge in [0.25, 0.3) is 0 Å². The van der Waals surface area contributed by atoms with Crippen molar-refractivity contribution in [2.75, 3.05) is 12.4 Å². The van der Waals surface area contributed by atoms with Crippen molar-refractivity contribution in [2.45, 2.75) is 25.2 Å². The second kappa shape index (κ2) is 7.12. The predicted octanol–water partition coefficient (Wildman–Crippen LogP) is 2.61. The molecule has 1 rings (SSSR count). The SMILES string of the molecule is CCOC(=O)CC(=O)CSc1ccccc1C. The number of benzene rings is 1. The Morgan fingerprint density at radius 2 is 2.00 bits per heavy atom. The zero-order valence-corrected chi connectivity index (χ0v) is 10.9. The first-order valence-corrected chi connectivity index (χ1v) is 6.47. The fraction of sp³-hybridized carbons (Fsp3) is 0.385. The smallest absolute Gasteiger partial charge is 0.313 e. The van der Waals surface area contributed by atoms with E-state index < -0.39 is 5.97 Å². The fourth-order valence-electron chi connectivity index (χ4n) is 1.30. The second-order valence-corrected chi connectivity index (χ2v) is 4.59. The van der Waals surface area contributed by atoms with Crippen molar-refractivity contribution >= 4 is 23.5 Å². The van der Waals surface area contributed by atoms with E-state index >= 15 is 0 Å². The van der Waals surface area contributed by atoms with E-state index in [0.29, 0.717) is 12.4 Å². The Balaban J connectivity index is 2.38. The second-order valence-electron chi connectivity index (χ2n) is 3.57. The Morgan fingerprint density at radius 3 is 2.65 bits per heavy atom. The molecular formula is C13H16O3S. The van der Waals surface area contributed by atoms with Gasteiger partial charge >= 0.3 is 5.97 Å². The molecule has 0 aliphatic carbocycles. The summed E-state index contributed by atoms with van der Waals surface area (Å²) in [5.41, 5.74) is 1.14. The number of hydrogen-bond acceptors (Lipinski definition) is 4. The van der Waals surface area contributed by atoms with Crippen LogP contribution in [-0.4, -0.2) is 24.1 Å². The first-order chi connectivity index (χ1) is 8.13. The van der Waals surface area contributed by atoms with Gasteiger partial charge in [0.15, 0.2) is 5.78 Å². The van der Waals surface area contributed by atoms with Gasteiger partial charge in [-0.2, -0.15) is 0 Å². The van der Waals surface area contributed by atoms with Crippen LogP contribution < -0.4 is 0 Å². The molecule has 0 aromatic heterocycles. The summed E-state index contributed by atoms with van der Waals surface area (Å²) in [6.07, 6.45) is -0.132. The Hall–Kier alpha value is -1.29. The molecule has 0 saturated heterocycles. The van der Waals surface area contributed by atoms with Crippen LogP contribution in [0.4, 0.5) is 0 Å². The highest BCUT2D eigenvalue weighted by molar-refractivity contribution is 8.00. The molecule has 0 fully saturated rings. The number of thioether (sulfide) groups is 1. The first-order valence-electron chi connectivity index (χ1n) is 5.49. The number of Topliss-reactive ketones (excluding diaryl/α,β-unsaturated/α-hetero) is 1. The van der Waals surface area contributed by atoms with Crippen LogP contribution in [0.25, 0.3) is 0 Å². The molecular weight excluding hydrogens is 236 g/mol. The summed E-state index contributed by atoms with van der Waals surface area (Å²) >= 11 is 1.46. The number of esters is 1. The lowest BCUT2D eigenvalue weighted by Crippen LogP contribution is -2.12. The fourth-order valence-corrected chi connectivity index (χ4v) is 2.19. The monoisotopic (exact) mass is 252 g/mol. The first kappa shape index (κ1) is 13.8. The summed E-state index contributed by atoms with van der Waals surface area (Å²) < 4.78 is 4.72. The quantitative estimate of drug-likeness (QED) is 0.443. The van der Waals surface area contributed by atoms with E-state index in [1.54, 1.807) is 6.92 Å². The third-order valence-corrected chi connectivity index (χ3v) is 3.36. The number of rotatable bonds is 6. The molecule has 0 radical (unpaired) electrons. The van der Waals surface area contributed by atoms with E-state index in [-0.39, 0.29) is 12.2 Å². The largest absolute Gasteiger partial charge is 0.466 e. The molecule has 4 heteroatoms. The van der Waals surface area contributed by atoms with Gasteiger partial charge in [-0.25, -0.2) is 0 Å². The van der Waals surface area contributed by atoms with E-state index in [9.17, 15) is 9.59 Å². The lowest BCUT2D eigenvalue weighted by atomic mass is 10.2. The van der Waals surface area contributed by atoms with Crippen LogP contribution in [0.5, 0.6) is 0 Å². The lowest BCUT2D eigenvalue weighted by molar-refractivity contribution is -0.145. The third kappa shape index (κ3) is 5.04. The van der Waals surface area contributed by atoms with E-state index in [4.69, 9.17) is 4.74 Å². The lowest BCUT2D eigenvalue weighted by Gasteiger charge is -2.04. The molecule has 92 valence electrons. The van der Waals surface area contributed by atoms with Crippen LogP contribution in [0, 0.1) is 6.92 Å². The van der Waals surface area contributed by atoms with Crippen molar-refractivity contribution in [3.8, 4) is 0 Å². The molecule has 3 nitrogen and oxygen atoms in total. The normalized spacial score (nSPS) is 10.0. The van der Waals surface area contributed by atoms with Crippen LogP contribution in [0.1, 0.15) is 18.9 Å². The van der Waals surface area contributed by atoms with Gasteiger partial charge in [-0.15, -0.1) is 11.8 Å². The molecule has 0 unspecified atom stereocenters. The minimum Gasteiger partial charge on any atom is -0.466 e. The van der Waals surface area contributed by atoms with E-state index in [1.807, 2.05) is 31.2 Å². The highest BCUT2D eigenvalue weighted by Crippen LogP contribution is 2.21. The highest BCUT2D eigenvalue weighted by atomic mass is 32.2. The number of ether oxygens (including phenoxy) is 1. The summed E-state index contributed by atoms with van der Waals surface area (Å²) in [7, 11) is 0. The molecule has 0 aliphatic heterocycles. The van der Waals surface area contributed by atoms with Gasteiger partial charge in [-0.05, 0) is 25.5 Å². The standard InChI is InChI=1S/C13H16O3S/c1-3-16-13(15)8-11(14)9-17-12-7-5-4-6-10(12)2/h4-7H,3,8-9H2,1-2H3. The van der Waals surface area contributed by atoms with Gasteiger partial charge < -0.3 is 4.74 Å². The molecule has 1 aromatic rings. The van der Waals surface area contributed by atoms with Crippen LogP contribution in [0.3, 0.4) is 0 Å². The van der Waals surface area contributed by atoms with Crippen LogP contribution in [-0.2, 0) is 14.3 Å². The zero-order valence-electron chi connectivity index (χ0n) is 10.1. The van der Waals surface area contributed by atoms with Crippen LogP contribution in [0.2, 0.25) is 0 Å². The molecule has 0 atom stereocenters. The number of hydrogen-bond donors (Lipinski definition) is 0. The van der Waals surface area contributed by atoms with Crippen LogP contribution >= 0.6 is 11.8 Å². The predicted molar refractivity (Wildman–Crippen MR) is 68.2 cm³/mol. The van der Waals surface area contributed by atoms with Crippen molar-refractivity contribution in [1.82, 2.24) is 0 Å². The van der Waals surface area contributed by atoms with Gasteiger partial charge in [0.2, 0.25) is 0 Å². The number of ketones is 1. The van der Waals surface area contributed by atoms with Crippen molar-refractivity contribution < 1.29 is 14.3 Å². The Labute approximate surface area is 106 Å². The van der Waals surface area contributed by atoms with Crippen molar-refractivity contribution in [3.05, 3.63) is 29.8 Å². The number of aryl methyl sites for hydroxylation is 1. The molecule has 0 bridgehead atoms. The van der Waals surface area contributed by atoms with E-state index in [1.165, 1.54) is 11.8 Å². The van der Waals surface area contributed by atoms with Gasteiger partial charge in [-0.3, -0.25) is 9.59 Å². The molecule has 0 amide bonds. The molecule has 0 saturated carbocycles. The summed E-state index contributed by atoms with van der Waals surface area (Å²) in [6.45, 7) is 4.04. The maximum absolute atomic E-state index is 11.5. The third-order valence-electron chi connectivity index (χ3n) is 2.13. The molecule has 17 heavy (non-hydrogen) atoms. The average Bonchev–Trinajstić information content (AvgIpc) is 2.28. The summed E-state index contributed by atoms with van der Waals surface area (Å²) in [6, 6.07) is 7.86. The number of carbonyl (C=O) groups is 2. The Bertz CT molecular complexity index is 401. The molecule has 0 N–H and O–H groups in total. The molecule has 0 aliphatic rings. The summed E-state index contributed by atoms with van der Waals surface area (Å²) in [5, 5.41) is 0. The van der Waals surface area contributed by atoms with Crippen LogP contribution in [0.15, 0.2) is 29.2 Å². The average molecular weight is 252 g/mol. The summed E-state index contributed by atoms with van der Waals surface area (Å²) in [5.74, 6) is -0.233. The Morgan fingerprint density at radius 1 is 1.29 bits per heavy atom. The van der Waals surface area contributed by atoms with Gasteiger partial charge in [0.1, 0.15) is 6.42 Å². The molecule has 0 spiro atoms. The summed E-state index contributed by atoms with van der Waals surface area (Å²) in [4.78, 5) is 23.6. The van der Waals surface area contributed by atoms with E-state index in [2.05, 4.69) is 0 Å². The number of carbonyl (C=O) groups excluding carboxylic acids is 2. The minimum atomic E-state index is -0.442. The van der Waals surface area contributed by atoms with Gasteiger partial charge in [0.05, 0.1) is 12.4 Å². The van der Waals surface area contributed by atoms with E-state index in [0.717, 1.165) is 10.5 Å². The molecule has 1 aromatic carbocycles. The van der Waals surface area contributed by atoms with Crippen molar-refractivity contribution in [2.24, 2.45) is 0 Å². The minimum absolute atomic E-state index is 0.100. The maximum atomic E-state index is 11.5. The van der Waals surface area contributed by atoms with Crippen molar-refractivity contribution in [1.29, 1.82) is 0 Å².